The summed E-state index contributed by atoms with van der Waals surface area (Å²) in [7, 11) is 0. The summed E-state index contributed by atoms with van der Waals surface area (Å²) in [6, 6.07) is 6.85. The molecule has 2 N–H and O–H groups in total. The second kappa shape index (κ2) is 4.65. The second-order valence-electron chi connectivity index (χ2n) is 3.57. The van der Waals surface area contributed by atoms with Crippen molar-refractivity contribution >= 4 is 5.97 Å². The van der Waals surface area contributed by atoms with Gasteiger partial charge in [0, 0.05) is 6.42 Å². The lowest BCUT2D eigenvalue weighted by molar-refractivity contribution is -0.137. The topological polar surface area (TPSA) is 57.5 Å². The summed E-state index contributed by atoms with van der Waals surface area (Å²) in [6.45, 7) is 1.90. The van der Waals surface area contributed by atoms with Crippen molar-refractivity contribution in [2.24, 2.45) is 5.92 Å². The van der Waals surface area contributed by atoms with E-state index >= 15 is 0 Å². The van der Waals surface area contributed by atoms with Crippen molar-refractivity contribution in [2.75, 3.05) is 0 Å². The Kier molecular flexibility index (Phi) is 3.51. The molecule has 0 aromatic heterocycles. The fourth-order valence-corrected chi connectivity index (χ4v) is 1.40. The first-order valence-corrected chi connectivity index (χ1v) is 4.57. The fraction of sp³-hybridized carbons (Fsp3) is 0.364. The first kappa shape index (κ1) is 10.6. The molecule has 0 spiro atoms. The van der Waals surface area contributed by atoms with Crippen LogP contribution in [-0.4, -0.2) is 16.2 Å². The van der Waals surface area contributed by atoms with Gasteiger partial charge in [-0.1, -0.05) is 19.1 Å². The lowest BCUT2D eigenvalue weighted by atomic mass is 9.98. The number of carbonyl (C=O) groups is 1. The number of carboxylic acid groups (broad SMARTS) is 1. The maximum atomic E-state index is 10.4. The van der Waals surface area contributed by atoms with Crippen LogP contribution >= 0.6 is 0 Å². The Morgan fingerprint density at radius 1 is 1.36 bits per heavy atom. The molecule has 3 heteroatoms. The first-order chi connectivity index (χ1) is 6.58. The molecule has 0 radical (unpaired) electrons. The zero-order valence-corrected chi connectivity index (χ0v) is 8.10. The van der Waals surface area contributed by atoms with Gasteiger partial charge in [0.2, 0.25) is 0 Å². The summed E-state index contributed by atoms with van der Waals surface area (Å²) < 4.78 is 0. The molecular formula is C11H14O3. The third kappa shape index (κ3) is 3.47. The molecule has 0 aliphatic carbocycles. The summed E-state index contributed by atoms with van der Waals surface area (Å²) in [5.41, 5.74) is 1.05. The van der Waals surface area contributed by atoms with E-state index in [-0.39, 0.29) is 18.1 Å². The number of aromatic hydroxyl groups is 1. The SMILES string of the molecule is CC(CC(=O)O)Cc1ccc(O)cc1. The third-order valence-corrected chi connectivity index (χ3v) is 2.04. The van der Waals surface area contributed by atoms with Gasteiger partial charge in [-0.15, -0.1) is 0 Å². The van der Waals surface area contributed by atoms with Crippen molar-refractivity contribution < 1.29 is 15.0 Å². The molecule has 1 atom stereocenters. The Hall–Kier alpha value is -1.51. The van der Waals surface area contributed by atoms with Crippen molar-refractivity contribution in [1.29, 1.82) is 0 Å². The van der Waals surface area contributed by atoms with Gasteiger partial charge in [0.15, 0.2) is 0 Å². The highest BCUT2D eigenvalue weighted by Gasteiger charge is 2.08. The van der Waals surface area contributed by atoms with Gasteiger partial charge in [-0.3, -0.25) is 4.79 Å². The average Bonchev–Trinajstić information content (AvgIpc) is 2.07. The zero-order valence-electron chi connectivity index (χ0n) is 8.10. The Balaban J connectivity index is 2.51. The largest absolute Gasteiger partial charge is 0.508 e. The minimum Gasteiger partial charge on any atom is -0.508 e. The van der Waals surface area contributed by atoms with Crippen LogP contribution in [0.2, 0.25) is 0 Å². The van der Waals surface area contributed by atoms with E-state index in [1.54, 1.807) is 12.1 Å². The van der Waals surface area contributed by atoms with Crippen LogP contribution in [0.1, 0.15) is 18.9 Å². The highest BCUT2D eigenvalue weighted by atomic mass is 16.4. The molecule has 14 heavy (non-hydrogen) atoms. The van der Waals surface area contributed by atoms with Crippen molar-refractivity contribution in [2.45, 2.75) is 19.8 Å². The standard InChI is InChI=1S/C11H14O3/c1-8(7-11(13)14)6-9-2-4-10(12)5-3-9/h2-5,8,12H,6-7H2,1H3,(H,13,14). The average molecular weight is 194 g/mol. The number of phenolic OH excluding ortho intramolecular Hbond substituents is 1. The number of hydrogen-bond donors (Lipinski definition) is 2. The second-order valence-corrected chi connectivity index (χ2v) is 3.57. The van der Waals surface area contributed by atoms with Gasteiger partial charge in [0.25, 0.3) is 0 Å². The normalized spacial score (nSPS) is 12.4. The van der Waals surface area contributed by atoms with Crippen LogP contribution in [0, 0.1) is 5.92 Å². The summed E-state index contributed by atoms with van der Waals surface area (Å²) in [5, 5.41) is 17.6. The number of aliphatic carboxylic acids is 1. The van der Waals surface area contributed by atoms with Gasteiger partial charge in [-0.25, -0.2) is 0 Å². The minimum atomic E-state index is -0.767. The summed E-state index contributed by atoms with van der Waals surface area (Å²) in [6.07, 6.45) is 0.910. The van der Waals surface area contributed by atoms with Gasteiger partial charge >= 0.3 is 5.97 Å². The highest BCUT2D eigenvalue weighted by molar-refractivity contribution is 5.67. The van der Waals surface area contributed by atoms with E-state index in [1.807, 2.05) is 19.1 Å². The predicted octanol–water partition coefficient (Wildman–Crippen LogP) is 2.05. The van der Waals surface area contributed by atoms with Crippen LogP contribution in [0.25, 0.3) is 0 Å². The molecule has 0 heterocycles. The molecule has 3 nitrogen and oxygen atoms in total. The van der Waals surface area contributed by atoms with E-state index < -0.39 is 5.97 Å². The number of hydrogen-bond acceptors (Lipinski definition) is 2. The van der Waals surface area contributed by atoms with Crippen LogP contribution in [0.15, 0.2) is 24.3 Å². The van der Waals surface area contributed by atoms with Crippen LogP contribution in [-0.2, 0) is 11.2 Å². The van der Waals surface area contributed by atoms with Crippen LogP contribution in [0.3, 0.4) is 0 Å². The van der Waals surface area contributed by atoms with E-state index in [9.17, 15) is 4.79 Å². The maximum Gasteiger partial charge on any atom is 0.303 e. The summed E-state index contributed by atoms with van der Waals surface area (Å²) >= 11 is 0. The van der Waals surface area contributed by atoms with E-state index in [0.29, 0.717) is 0 Å². The number of carboxylic acids is 1. The molecule has 1 unspecified atom stereocenters. The fourth-order valence-electron chi connectivity index (χ4n) is 1.40. The zero-order chi connectivity index (χ0) is 10.6. The van der Waals surface area contributed by atoms with Gasteiger partial charge in [0.05, 0.1) is 0 Å². The van der Waals surface area contributed by atoms with Crippen molar-refractivity contribution in [1.82, 2.24) is 0 Å². The Bertz CT molecular complexity index is 303. The molecule has 0 fully saturated rings. The molecule has 0 bridgehead atoms. The Labute approximate surface area is 83.0 Å². The van der Waals surface area contributed by atoms with E-state index in [4.69, 9.17) is 10.2 Å². The van der Waals surface area contributed by atoms with Crippen molar-refractivity contribution in [3.05, 3.63) is 29.8 Å². The molecule has 0 aliphatic rings. The monoisotopic (exact) mass is 194 g/mol. The van der Waals surface area contributed by atoms with E-state index in [1.165, 1.54) is 0 Å². The van der Waals surface area contributed by atoms with Crippen LogP contribution in [0.5, 0.6) is 5.75 Å². The number of benzene rings is 1. The van der Waals surface area contributed by atoms with Gasteiger partial charge in [-0.2, -0.15) is 0 Å². The molecule has 0 amide bonds. The molecule has 0 saturated heterocycles. The maximum absolute atomic E-state index is 10.4. The molecule has 0 saturated carbocycles. The van der Waals surface area contributed by atoms with Crippen LogP contribution < -0.4 is 0 Å². The number of rotatable bonds is 4. The lowest BCUT2D eigenvalue weighted by Gasteiger charge is -2.08. The Morgan fingerprint density at radius 2 is 1.93 bits per heavy atom. The van der Waals surface area contributed by atoms with Gasteiger partial charge in [0.1, 0.15) is 5.75 Å². The molecule has 0 aliphatic heterocycles. The predicted molar refractivity (Wildman–Crippen MR) is 53.2 cm³/mol. The van der Waals surface area contributed by atoms with E-state index in [2.05, 4.69) is 0 Å². The van der Waals surface area contributed by atoms with Crippen LogP contribution in [0.4, 0.5) is 0 Å². The van der Waals surface area contributed by atoms with Crippen molar-refractivity contribution in [3.8, 4) is 5.75 Å². The van der Waals surface area contributed by atoms with Gasteiger partial charge < -0.3 is 10.2 Å². The molecule has 76 valence electrons. The quantitative estimate of drug-likeness (QED) is 0.771. The molecule has 1 aromatic rings. The Morgan fingerprint density at radius 3 is 2.43 bits per heavy atom. The molecular weight excluding hydrogens is 180 g/mol. The summed E-state index contributed by atoms with van der Waals surface area (Å²) in [5.74, 6) is -0.409. The van der Waals surface area contributed by atoms with Crippen molar-refractivity contribution in [3.63, 3.8) is 0 Å². The third-order valence-electron chi connectivity index (χ3n) is 2.04. The molecule has 1 rings (SSSR count). The molecule has 1 aromatic carbocycles. The first-order valence-electron chi connectivity index (χ1n) is 4.57. The van der Waals surface area contributed by atoms with Gasteiger partial charge in [-0.05, 0) is 30.0 Å². The smallest absolute Gasteiger partial charge is 0.303 e. The highest BCUT2D eigenvalue weighted by Crippen LogP contribution is 2.15. The summed E-state index contributed by atoms with van der Waals surface area (Å²) in [4.78, 5) is 10.4. The van der Waals surface area contributed by atoms with E-state index in [0.717, 1.165) is 12.0 Å². The lowest BCUT2D eigenvalue weighted by Crippen LogP contribution is -2.06. The minimum absolute atomic E-state index is 0.122. The number of phenols is 1.